The molecule has 2 aromatic carbocycles. The summed E-state index contributed by atoms with van der Waals surface area (Å²) in [5, 5.41) is 21.5. The first-order valence-electron chi connectivity index (χ1n) is 13.7. The van der Waals surface area contributed by atoms with Crippen LogP contribution in [-0.2, 0) is 6.54 Å². The molecule has 0 saturated carbocycles. The Morgan fingerprint density at radius 3 is 2.58 bits per heavy atom. The van der Waals surface area contributed by atoms with Gasteiger partial charge in [-0.25, -0.2) is 0 Å². The van der Waals surface area contributed by atoms with Gasteiger partial charge in [0.05, 0.1) is 12.1 Å². The molecule has 1 amide bonds. The van der Waals surface area contributed by atoms with Crippen LogP contribution in [0.5, 0.6) is 5.75 Å². The maximum absolute atomic E-state index is 12.6. The fourth-order valence-electron chi connectivity index (χ4n) is 5.73. The number of rotatable bonds is 12. The highest BCUT2D eigenvalue weighted by atomic mass is 16.3. The van der Waals surface area contributed by atoms with E-state index in [9.17, 15) is 9.90 Å². The van der Waals surface area contributed by atoms with Gasteiger partial charge in [0, 0.05) is 52.9 Å². The van der Waals surface area contributed by atoms with E-state index in [0.29, 0.717) is 24.1 Å². The van der Waals surface area contributed by atoms with E-state index in [1.807, 2.05) is 18.3 Å². The van der Waals surface area contributed by atoms with Crippen LogP contribution in [0.1, 0.15) is 58.9 Å². The zero-order valence-electron chi connectivity index (χ0n) is 21.5. The first-order valence-corrected chi connectivity index (χ1v) is 13.7. The van der Waals surface area contributed by atoms with Crippen molar-refractivity contribution >= 4 is 23.0 Å². The lowest BCUT2D eigenvalue weighted by Gasteiger charge is -2.27. The molecule has 0 radical (unpaired) electrons. The lowest BCUT2D eigenvalue weighted by atomic mass is 9.89. The summed E-state index contributed by atoms with van der Waals surface area (Å²) in [6.07, 6.45) is 13.5. The van der Waals surface area contributed by atoms with Crippen LogP contribution in [0.15, 0.2) is 71.3 Å². The average Bonchev–Trinajstić information content (AvgIpc) is 3.42. The van der Waals surface area contributed by atoms with Crippen LogP contribution in [0, 0.1) is 5.92 Å². The van der Waals surface area contributed by atoms with Crippen LogP contribution < -0.4 is 16.0 Å². The second-order valence-corrected chi connectivity index (χ2v) is 10.5. The van der Waals surface area contributed by atoms with E-state index in [2.05, 4.69) is 56.3 Å². The monoisotopic (exact) mass is 509 g/mol. The molecule has 38 heavy (non-hydrogen) atoms. The fourth-order valence-corrected chi connectivity index (χ4v) is 5.73. The number of aromatic amines is 1. The minimum absolute atomic E-state index is 0.100. The Hall–Kier alpha value is -3.68. The number of nitrogens with one attached hydrogen (secondary N) is 4. The van der Waals surface area contributed by atoms with Crippen molar-refractivity contribution in [2.45, 2.75) is 44.3 Å². The van der Waals surface area contributed by atoms with E-state index in [0.717, 1.165) is 53.8 Å². The summed E-state index contributed by atoms with van der Waals surface area (Å²) in [5.74, 6) is 0.603. The Labute approximate surface area is 223 Å². The normalized spacial score (nSPS) is 21.2. The van der Waals surface area contributed by atoms with Crippen LogP contribution >= 0.6 is 0 Å². The Morgan fingerprint density at radius 2 is 1.79 bits per heavy atom. The molecule has 196 valence electrons. The first-order chi connectivity index (χ1) is 18.7. The van der Waals surface area contributed by atoms with Crippen LogP contribution in [0.4, 0.5) is 0 Å². The molecule has 0 saturated heterocycles. The van der Waals surface area contributed by atoms with Gasteiger partial charge in [-0.3, -0.25) is 9.79 Å². The number of carbonyl (C=O) groups excluding carboxylic acids is 1. The maximum Gasteiger partial charge on any atom is 0.252 e. The number of amides is 1. The smallest absolute Gasteiger partial charge is 0.252 e. The van der Waals surface area contributed by atoms with Gasteiger partial charge in [0.15, 0.2) is 0 Å². The number of hydrogen-bond acceptors (Lipinski definition) is 5. The number of H-pyrrole nitrogens is 1. The van der Waals surface area contributed by atoms with E-state index < -0.39 is 0 Å². The number of hydrogen-bond donors (Lipinski definition) is 5. The minimum atomic E-state index is -0.284. The van der Waals surface area contributed by atoms with Crippen molar-refractivity contribution in [2.75, 3.05) is 19.6 Å². The summed E-state index contributed by atoms with van der Waals surface area (Å²) >= 11 is 0. The van der Waals surface area contributed by atoms with Gasteiger partial charge in [-0.15, -0.1) is 0 Å². The van der Waals surface area contributed by atoms with E-state index in [4.69, 9.17) is 0 Å². The first kappa shape index (κ1) is 24.6. The number of phenols is 1. The zero-order chi connectivity index (χ0) is 25.9. The number of aromatic nitrogens is 1. The van der Waals surface area contributed by atoms with Crippen molar-refractivity contribution in [3.05, 3.63) is 88.7 Å². The van der Waals surface area contributed by atoms with Crippen LogP contribution in [0.2, 0.25) is 0 Å². The average molecular weight is 510 g/mol. The highest BCUT2D eigenvalue weighted by Crippen LogP contribution is 2.38. The van der Waals surface area contributed by atoms with Gasteiger partial charge in [-0.2, -0.15) is 0 Å². The van der Waals surface area contributed by atoms with Crippen molar-refractivity contribution in [2.24, 2.45) is 10.9 Å². The second-order valence-electron chi connectivity index (χ2n) is 10.5. The van der Waals surface area contributed by atoms with Gasteiger partial charge in [0.25, 0.3) is 5.91 Å². The van der Waals surface area contributed by atoms with Crippen molar-refractivity contribution in [1.82, 2.24) is 20.9 Å². The number of carbonyl (C=O) groups is 1. The van der Waals surface area contributed by atoms with Crippen LogP contribution in [0.25, 0.3) is 10.9 Å². The summed E-state index contributed by atoms with van der Waals surface area (Å²) in [6, 6.07) is 13.3. The summed E-state index contributed by atoms with van der Waals surface area (Å²) in [7, 11) is 0. The van der Waals surface area contributed by atoms with E-state index in [1.165, 1.54) is 24.8 Å². The number of aliphatic imine (C=N–C) groups is 1. The molecule has 7 heteroatoms. The number of nitrogens with zero attached hydrogens (tertiary/aromatic N) is 1. The van der Waals surface area contributed by atoms with Gasteiger partial charge in [-0.1, -0.05) is 49.3 Å². The number of para-hydroxylation sites is 1. The number of benzene rings is 2. The molecule has 3 atom stereocenters. The van der Waals surface area contributed by atoms with Gasteiger partial charge in [0.1, 0.15) is 5.75 Å². The molecule has 5 N–H and O–H groups in total. The highest BCUT2D eigenvalue weighted by molar-refractivity contribution is 6.01. The third-order valence-electron chi connectivity index (χ3n) is 7.81. The summed E-state index contributed by atoms with van der Waals surface area (Å²) in [5.41, 5.74) is 5.99. The molecule has 0 bridgehead atoms. The van der Waals surface area contributed by atoms with Crippen molar-refractivity contribution in [1.29, 1.82) is 0 Å². The third kappa shape index (κ3) is 5.04. The highest BCUT2D eigenvalue weighted by Gasteiger charge is 2.33. The SMILES string of the molecule is O=C1NC(c2c(CNCCCCCCNCC3=CC4N=CC4C=C3)[nH]c3ccccc23)c2cc(O)ccc21. The Bertz CT molecular complexity index is 1420. The van der Waals surface area contributed by atoms with E-state index >= 15 is 0 Å². The largest absolute Gasteiger partial charge is 0.508 e. The van der Waals surface area contributed by atoms with E-state index in [1.54, 1.807) is 18.2 Å². The molecular weight excluding hydrogens is 474 g/mol. The predicted octanol–water partition coefficient (Wildman–Crippen LogP) is 4.51. The van der Waals surface area contributed by atoms with Crippen molar-refractivity contribution in [3.8, 4) is 5.75 Å². The Morgan fingerprint density at radius 1 is 0.974 bits per heavy atom. The van der Waals surface area contributed by atoms with Gasteiger partial charge >= 0.3 is 0 Å². The topological polar surface area (TPSA) is 102 Å². The number of fused-ring (bicyclic) bond motifs is 3. The molecule has 3 aliphatic rings. The molecule has 6 rings (SSSR count). The van der Waals surface area contributed by atoms with Crippen molar-refractivity contribution < 1.29 is 9.90 Å². The molecule has 0 spiro atoms. The molecular formula is C31H35N5O2. The standard InChI is InChI=1S/C31H35N5O2/c37-22-11-12-23-25(16-22)30(36-31(23)38)29-24-7-3-4-8-26(24)35-28(29)19-33-14-6-2-1-5-13-32-17-20-9-10-21-18-34-27(21)15-20/h3-4,7-12,15-16,18,21,27,30,32-33,35,37H,1-2,5-6,13-14,17,19H2,(H,36,38). The lowest BCUT2D eigenvalue weighted by molar-refractivity contribution is 0.0960. The zero-order valence-corrected chi connectivity index (χ0v) is 21.5. The summed E-state index contributed by atoms with van der Waals surface area (Å²) in [6.45, 7) is 3.60. The fraction of sp³-hybridized carbons (Fsp3) is 0.355. The maximum atomic E-state index is 12.6. The molecule has 7 nitrogen and oxygen atoms in total. The van der Waals surface area contributed by atoms with Gasteiger partial charge in [0.2, 0.25) is 0 Å². The number of aromatic hydroxyl groups is 1. The molecule has 1 aromatic heterocycles. The predicted molar refractivity (Wildman–Crippen MR) is 152 cm³/mol. The number of phenolic OH excluding ortho intramolecular Hbond substituents is 1. The van der Waals surface area contributed by atoms with Crippen molar-refractivity contribution in [3.63, 3.8) is 0 Å². The molecule has 1 aliphatic carbocycles. The molecule has 0 fully saturated rings. The quantitative estimate of drug-likeness (QED) is 0.232. The molecule has 2 aliphatic heterocycles. The Kier molecular flexibility index (Phi) is 7.12. The third-order valence-corrected chi connectivity index (χ3v) is 7.81. The minimum Gasteiger partial charge on any atom is -0.508 e. The van der Waals surface area contributed by atoms with Gasteiger partial charge < -0.3 is 26.0 Å². The molecule has 3 aromatic rings. The summed E-state index contributed by atoms with van der Waals surface area (Å²) in [4.78, 5) is 20.6. The Balaban J connectivity index is 0.973. The number of unbranched alkanes of at least 4 members (excludes halogenated alkanes) is 3. The van der Waals surface area contributed by atoms with Gasteiger partial charge in [-0.05, 0) is 61.3 Å². The van der Waals surface area contributed by atoms with E-state index in [-0.39, 0.29) is 17.7 Å². The van der Waals surface area contributed by atoms with Crippen LogP contribution in [0.3, 0.4) is 0 Å². The summed E-state index contributed by atoms with van der Waals surface area (Å²) < 4.78 is 0. The molecule has 3 heterocycles. The lowest BCUT2D eigenvalue weighted by Crippen LogP contribution is -2.29. The molecule has 3 unspecified atom stereocenters. The second kappa shape index (κ2) is 11.0. The van der Waals surface area contributed by atoms with Crippen LogP contribution in [-0.4, -0.2) is 47.9 Å².